The van der Waals surface area contributed by atoms with Crippen LogP contribution in [0.4, 0.5) is 9.59 Å². The first-order valence-electron chi connectivity index (χ1n) is 21.0. The zero-order valence-electron chi connectivity index (χ0n) is 35.6. The topological polar surface area (TPSA) is 187 Å². The molecule has 0 radical (unpaired) electrons. The molecule has 61 heavy (non-hydrogen) atoms. The van der Waals surface area contributed by atoms with Crippen molar-refractivity contribution in [2.24, 2.45) is 17.8 Å². The van der Waals surface area contributed by atoms with Crippen molar-refractivity contribution in [3.8, 4) is 33.6 Å². The maximum atomic E-state index is 13.8. The van der Waals surface area contributed by atoms with Crippen molar-refractivity contribution in [1.82, 2.24) is 45.7 Å². The first-order chi connectivity index (χ1) is 29.4. The van der Waals surface area contributed by atoms with Crippen molar-refractivity contribution in [2.75, 3.05) is 38.8 Å². The van der Waals surface area contributed by atoms with Gasteiger partial charge in [0.2, 0.25) is 11.8 Å². The lowest BCUT2D eigenvalue weighted by Crippen LogP contribution is -2.51. The maximum Gasteiger partial charge on any atom is 0.407 e. The van der Waals surface area contributed by atoms with E-state index in [0.717, 1.165) is 52.4 Å². The number of methoxy groups -OCH3 is 2. The fourth-order valence-electron chi connectivity index (χ4n) is 9.19. The molecule has 2 aromatic heterocycles. The summed E-state index contributed by atoms with van der Waals surface area (Å²) in [5.41, 5.74) is 8.81. The molecular weight excluding hydrogens is 815 g/mol. The number of hydrogen-bond acceptors (Lipinski definition) is 11. The lowest BCUT2D eigenvalue weighted by Gasteiger charge is -2.29. The summed E-state index contributed by atoms with van der Waals surface area (Å²) in [4.78, 5) is 71.9. The highest BCUT2D eigenvalue weighted by molar-refractivity contribution is 8.00. The minimum atomic E-state index is -0.710. The number of benzene rings is 2. The normalized spacial score (nSPS) is 22.9. The number of aromatic amines is 2. The number of imidazole rings is 2. The molecule has 2 bridgehead atoms. The molecular formula is C44H55N9O6S2. The van der Waals surface area contributed by atoms with Crippen LogP contribution in [0.25, 0.3) is 33.6 Å². The van der Waals surface area contributed by atoms with Crippen LogP contribution in [0.2, 0.25) is 0 Å². The molecule has 2 aromatic carbocycles. The number of carbonyl (C=O) groups excluding carboxylic acids is 4. The molecule has 4 amide bonds. The number of hydrogen-bond donors (Lipinski definition) is 5. The van der Waals surface area contributed by atoms with Crippen molar-refractivity contribution < 1.29 is 28.7 Å². The number of ether oxygens (including phenoxy) is 2. The molecule has 0 spiro atoms. The molecule has 5 N–H and O–H groups in total. The molecule has 8 rings (SSSR count). The molecule has 3 fully saturated rings. The molecule has 17 heteroatoms. The van der Waals surface area contributed by atoms with Gasteiger partial charge in [0.1, 0.15) is 34.5 Å². The van der Waals surface area contributed by atoms with Crippen LogP contribution in [-0.2, 0) is 19.1 Å². The summed E-state index contributed by atoms with van der Waals surface area (Å²) in [5.74, 6) is 2.95. The lowest BCUT2D eigenvalue weighted by atomic mass is 9.88. The summed E-state index contributed by atoms with van der Waals surface area (Å²) >= 11 is 3.31. The second-order valence-corrected chi connectivity index (χ2v) is 19.4. The van der Waals surface area contributed by atoms with Crippen LogP contribution in [0.3, 0.4) is 0 Å². The lowest BCUT2D eigenvalue weighted by molar-refractivity contribution is -0.135. The van der Waals surface area contributed by atoms with Crippen LogP contribution in [0.15, 0.2) is 48.8 Å². The van der Waals surface area contributed by atoms with E-state index in [1.165, 1.54) is 30.9 Å². The molecule has 324 valence electrons. The van der Waals surface area contributed by atoms with Crippen molar-refractivity contribution in [3.05, 3.63) is 71.6 Å². The molecule has 4 aromatic rings. The van der Waals surface area contributed by atoms with E-state index in [0.29, 0.717) is 30.7 Å². The number of aromatic nitrogens is 4. The largest absolute Gasteiger partial charge is 0.453 e. The van der Waals surface area contributed by atoms with Crippen LogP contribution in [0.1, 0.15) is 93.1 Å². The van der Waals surface area contributed by atoms with Gasteiger partial charge in [-0.15, -0.1) is 23.5 Å². The van der Waals surface area contributed by atoms with Gasteiger partial charge in [0.15, 0.2) is 0 Å². The predicted molar refractivity (Wildman–Crippen MR) is 236 cm³/mol. The highest BCUT2D eigenvalue weighted by Crippen LogP contribution is 2.52. The van der Waals surface area contributed by atoms with E-state index in [1.54, 1.807) is 28.4 Å². The molecule has 7 unspecified atom stereocenters. The Morgan fingerprint density at radius 1 is 0.689 bits per heavy atom. The molecule has 4 aliphatic heterocycles. The van der Waals surface area contributed by atoms with Gasteiger partial charge in [-0.3, -0.25) is 9.59 Å². The third kappa shape index (κ3) is 8.35. The van der Waals surface area contributed by atoms with E-state index in [4.69, 9.17) is 19.4 Å². The van der Waals surface area contributed by atoms with Gasteiger partial charge in [0.25, 0.3) is 0 Å². The van der Waals surface area contributed by atoms with Gasteiger partial charge in [-0.25, -0.2) is 19.6 Å². The first-order valence-corrected chi connectivity index (χ1v) is 23.1. The minimum Gasteiger partial charge on any atom is -0.453 e. The maximum absolute atomic E-state index is 13.8. The molecule has 0 aliphatic carbocycles. The summed E-state index contributed by atoms with van der Waals surface area (Å²) in [6.07, 6.45) is 4.53. The van der Waals surface area contributed by atoms with E-state index in [1.807, 2.05) is 45.0 Å². The zero-order valence-corrected chi connectivity index (χ0v) is 37.2. The van der Waals surface area contributed by atoms with E-state index >= 15 is 0 Å². The van der Waals surface area contributed by atoms with Crippen molar-refractivity contribution >= 4 is 47.5 Å². The number of piperidine rings is 1. The number of H-pyrrole nitrogens is 2. The van der Waals surface area contributed by atoms with Gasteiger partial charge in [0.05, 0.1) is 38.0 Å². The van der Waals surface area contributed by atoms with Crippen molar-refractivity contribution in [1.29, 1.82) is 0 Å². The number of carbonyl (C=O) groups is 4. The van der Waals surface area contributed by atoms with Gasteiger partial charge >= 0.3 is 12.2 Å². The second-order valence-electron chi connectivity index (χ2n) is 17.0. The average Bonchev–Trinajstić information content (AvgIpc) is 4.11. The predicted octanol–water partition coefficient (Wildman–Crippen LogP) is 7.16. The minimum absolute atomic E-state index is 0.119. The van der Waals surface area contributed by atoms with E-state index < -0.39 is 24.3 Å². The quantitative estimate of drug-likeness (QED) is 0.103. The van der Waals surface area contributed by atoms with Gasteiger partial charge < -0.3 is 45.2 Å². The number of nitrogens with zero attached hydrogens (tertiary/aromatic N) is 4. The van der Waals surface area contributed by atoms with Gasteiger partial charge in [-0.1, -0.05) is 71.0 Å². The SMILES string of the molecule is COC(=O)NC(C(=O)N1CCSC1c1ncc(-c2ccc(-c3ccc(-c4cnc(C5SCCN5C(=O)C(NC(=O)OC)C(C)C)[nH]4)c4c3C3CC(C)CC4N3)cc2)[nH]1)C(C)C. The third-order valence-electron chi connectivity index (χ3n) is 12.2. The molecule has 4 aliphatic rings. The Labute approximate surface area is 364 Å². The van der Waals surface area contributed by atoms with Crippen LogP contribution in [0.5, 0.6) is 0 Å². The summed E-state index contributed by atoms with van der Waals surface area (Å²) in [7, 11) is 2.59. The van der Waals surface area contributed by atoms with Crippen LogP contribution in [0, 0.1) is 17.8 Å². The Balaban J connectivity index is 1.04. The van der Waals surface area contributed by atoms with Gasteiger partial charge in [-0.2, -0.15) is 0 Å². The highest BCUT2D eigenvalue weighted by atomic mass is 32.2. The van der Waals surface area contributed by atoms with Gasteiger partial charge in [-0.05, 0) is 58.4 Å². The number of thioether (sulfide) groups is 2. The Morgan fingerprint density at radius 3 is 1.66 bits per heavy atom. The molecule has 7 atom stereocenters. The number of rotatable bonds is 11. The van der Waals surface area contributed by atoms with Crippen molar-refractivity contribution in [3.63, 3.8) is 0 Å². The van der Waals surface area contributed by atoms with Crippen LogP contribution < -0.4 is 16.0 Å². The average molecular weight is 870 g/mol. The fourth-order valence-corrected chi connectivity index (χ4v) is 11.6. The van der Waals surface area contributed by atoms with E-state index in [2.05, 4.69) is 69.2 Å². The highest BCUT2D eigenvalue weighted by Gasteiger charge is 2.42. The Morgan fingerprint density at radius 2 is 1.15 bits per heavy atom. The summed E-state index contributed by atoms with van der Waals surface area (Å²) in [6, 6.07) is 12.0. The molecule has 15 nitrogen and oxygen atoms in total. The van der Waals surface area contributed by atoms with Crippen LogP contribution in [-0.4, -0.2) is 105 Å². The fraction of sp³-hybridized carbons (Fsp3) is 0.500. The standard InChI is InChI=1S/C44H55N9O6S2/c1-22(2)35(50-43(56)58-6)39(54)52-14-16-60-41(52)37-45-20-31(48-37)26-10-8-25(9-11-26)27-12-13-28(34-30-19-24(5)18-29(47-30)33(27)34)32-21-46-38(49-32)42-53(15-17-61-42)40(55)36(23(3)4)51-44(57)59-7/h8-13,20-24,29-30,35-36,41-42,47H,14-19H2,1-7H3,(H,45,48)(H,46,49)(H,50,56)(H,51,57). The Bertz CT molecular complexity index is 2280. The summed E-state index contributed by atoms with van der Waals surface area (Å²) in [6.45, 7) is 11.1. The summed E-state index contributed by atoms with van der Waals surface area (Å²) < 4.78 is 9.60. The monoisotopic (exact) mass is 869 g/mol. The molecule has 0 saturated carbocycles. The van der Waals surface area contributed by atoms with Crippen LogP contribution >= 0.6 is 23.5 Å². The Kier molecular flexibility index (Phi) is 12.4. The van der Waals surface area contributed by atoms with E-state index in [-0.39, 0.29) is 46.5 Å². The number of amides is 4. The Hall–Kier alpha value is -5.00. The molecule has 6 heterocycles. The number of fused-ring (bicyclic) bond motifs is 5. The van der Waals surface area contributed by atoms with E-state index in [9.17, 15) is 19.2 Å². The van der Waals surface area contributed by atoms with Gasteiger partial charge in [0, 0.05) is 42.2 Å². The molecule has 3 saturated heterocycles. The first kappa shape index (κ1) is 42.7. The second kappa shape index (κ2) is 17.8. The number of alkyl carbamates (subject to hydrolysis) is 2. The zero-order chi connectivity index (χ0) is 43.1. The van der Waals surface area contributed by atoms with Crippen molar-refractivity contribution in [2.45, 2.75) is 82.4 Å². The smallest absolute Gasteiger partial charge is 0.407 e. The third-order valence-corrected chi connectivity index (χ3v) is 14.7. The summed E-state index contributed by atoms with van der Waals surface area (Å²) in [5, 5.41) is 8.76. The number of nitrogens with one attached hydrogen (secondary N) is 5.